The molecular formula is C13H17ClFNS. The highest BCUT2D eigenvalue weighted by Gasteiger charge is 2.07. The van der Waals surface area contributed by atoms with Crippen molar-refractivity contribution >= 4 is 23.4 Å². The highest BCUT2D eigenvalue weighted by atomic mass is 35.5. The number of rotatable bonds is 7. The lowest BCUT2D eigenvalue weighted by Gasteiger charge is -2.14. The summed E-state index contributed by atoms with van der Waals surface area (Å²) in [5.74, 6) is 1.62. The lowest BCUT2D eigenvalue weighted by atomic mass is 10.1. The fraction of sp³-hybridized carbons (Fsp3) is 0.385. The first-order valence-electron chi connectivity index (χ1n) is 5.52. The first-order chi connectivity index (χ1) is 8.15. The number of hydrogen-bond acceptors (Lipinski definition) is 2. The summed E-state index contributed by atoms with van der Waals surface area (Å²) in [5.41, 5.74) is 0.917. The van der Waals surface area contributed by atoms with Crippen LogP contribution in [0.25, 0.3) is 0 Å². The lowest BCUT2D eigenvalue weighted by molar-refractivity contribution is 0.585. The molecule has 0 fully saturated rings. The molecule has 1 atom stereocenters. The Hall–Kier alpha value is -0.510. The molecule has 0 radical (unpaired) electrons. The highest BCUT2D eigenvalue weighted by Crippen LogP contribution is 2.19. The summed E-state index contributed by atoms with van der Waals surface area (Å²) in [6, 6.07) is 5.05. The van der Waals surface area contributed by atoms with Crippen molar-refractivity contribution in [2.45, 2.75) is 13.0 Å². The summed E-state index contributed by atoms with van der Waals surface area (Å²) in [7, 11) is 0. The third kappa shape index (κ3) is 5.11. The topological polar surface area (TPSA) is 12.0 Å². The van der Waals surface area contributed by atoms with Crippen LogP contribution in [0, 0.1) is 5.82 Å². The lowest BCUT2D eigenvalue weighted by Crippen LogP contribution is -2.21. The first kappa shape index (κ1) is 14.6. The van der Waals surface area contributed by atoms with E-state index >= 15 is 0 Å². The smallest absolute Gasteiger partial charge is 0.142 e. The van der Waals surface area contributed by atoms with E-state index in [9.17, 15) is 4.39 Å². The molecule has 4 heteroatoms. The zero-order chi connectivity index (χ0) is 12.7. The Bertz CT molecular complexity index is 370. The maximum atomic E-state index is 13.3. The van der Waals surface area contributed by atoms with Gasteiger partial charge in [0.2, 0.25) is 0 Å². The van der Waals surface area contributed by atoms with E-state index in [1.54, 1.807) is 6.07 Å². The maximum absolute atomic E-state index is 13.3. The van der Waals surface area contributed by atoms with Gasteiger partial charge in [-0.25, -0.2) is 4.39 Å². The van der Waals surface area contributed by atoms with Crippen molar-refractivity contribution in [2.75, 3.05) is 18.1 Å². The molecule has 1 N–H and O–H groups in total. The number of nitrogens with one attached hydrogen (secondary N) is 1. The minimum Gasteiger partial charge on any atom is -0.309 e. The SMILES string of the molecule is C=CCSCCNC(C)c1ccc(Cl)c(F)c1. The molecule has 94 valence electrons. The summed E-state index contributed by atoms with van der Waals surface area (Å²) in [6.07, 6.45) is 1.89. The van der Waals surface area contributed by atoms with E-state index in [1.165, 1.54) is 6.07 Å². The average Bonchev–Trinajstić information content (AvgIpc) is 2.32. The standard InChI is InChI=1S/C13H17ClFNS/c1-3-7-17-8-6-16-10(2)11-4-5-12(14)13(15)9-11/h3-5,9-10,16H,1,6-8H2,2H3. The van der Waals surface area contributed by atoms with Gasteiger partial charge in [-0.15, -0.1) is 6.58 Å². The Labute approximate surface area is 111 Å². The van der Waals surface area contributed by atoms with Gasteiger partial charge < -0.3 is 5.32 Å². The molecule has 0 saturated carbocycles. The molecule has 0 saturated heterocycles. The van der Waals surface area contributed by atoms with Crippen molar-refractivity contribution in [3.8, 4) is 0 Å². The van der Waals surface area contributed by atoms with Crippen LogP contribution in [0.1, 0.15) is 18.5 Å². The normalized spacial score (nSPS) is 12.4. The van der Waals surface area contributed by atoms with E-state index in [1.807, 2.05) is 30.8 Å². The monoisotopic (exact) mass is 273 g/mol. The molecule has 0 heterocycles. The van der Waals surface area contributed by atoms with Crippen molar-refractivity contribution < 1.29 is 4.39 Å². The van der Waals surface area contributed by atoms with Gasteiger partial charge in [0.1, 0.15) is 5.82 Å². The van der Waals surface area contributed by atoms with Crippen molar-refractivity contribution in [1.82, 2.24) is 5.32 Å². The van der Waals surface area contributed by atoms with Crippen LogP contribution in [-0.2, 0) is 0 Å². The van der Waals surface area contributed by atoms with E-state index in [-0.39, 0.29) is 16.9 Å². The maximum Gasteiger partial charge on any atom is 0.142 e. The molecule has 0 amide bonds. The van der Waals surface area contributed by atoms with Crippen LogP contribution in [-0.4, -0.2) is 18.1 Å². The van der Waals surface area contributed by atoms with Gasteiger partial charge in [0.05, 0.1) is 5.02 Å². The molecule has 17 heavy (non-hydrogen) atoms. The van der Waals surface area contributed by atoms with Gasteiger partial charge in [-0.05, 0) is 24.6 Å². The number of hydrogen-bond donors (Lipinski definition) is 1. The summed E-state index contributed by atoms with van der Waals surface area (Å²) in [6.45, 7) is 6.57. The molecule has 0 aromatic heterocycles. The molecule has 1 aromatic rings. The molecule has 1 unspecified atom stereocenters. The van der Waals surface area contributed by atoms with Gasteiger partial charge in [0.15, 0.2) is 0 Å². The van der Waals surface area contributed by atoms with Gasteiger partial charge in [-0.2, -0.15) is 11.8 Å². The fourth-order valence-corrected chi connectivity index (χ4v) is 2.13. The Kier molecular flexibility index (Phi) is 6.63. The van der Waals surface area contributed by atoms with Crippen LogP contribution in [0.2, 0.25) is 5.02 Å². The third-order valence-electron chi connectivity index (χ3n) is 2.38. The number of halogens is 2. The second-order valence-corrected chi connectivity index (χ2v) is 5.27. The van der Waals surface area contributed by atoms with Crippen molar-refractivity contribution in [1.29, 1.82) is 0 Å². The third-order valence-corrected chi connectivity index (χ3v) is 3.65. The van der Waals surface area contributed by atoms with Crippen LogP contribution in [0.3, 0.4) is 0 Å². The van der Waals surface area contributed by atoms with Crippen molar-refractivity contribution in [2.24, 2.45) is 0 Å². The summed E-state index contributed by atoms with van der Waals surface area (Å²) in [5, 5.41) is 3.51. The Morgan fingerprint density at radius 2 is 2.35 bits per heavy atom. The van der Waals surface area contributed by atoms with Crippen LogP contribution < -0.4 is 5.32 Å². The number of benzene rings is 1. The second kappa shape index (κ2) is 7.75. The predicted molar refractivity (Wildman–Crippen MR) is 75.3 cm³/mol. The predicted octanol–water partition coefficient (Wildman–Crippen LogP) is 4.05. The second-order valence-electron chi connectivity index (χ2n) is 3.71. The van der Waals surface area contributed by atoms with Crippen molar-refractivity contribution in [3.05, 3.63) is 47.3 Å². The molecule has 1 nitrogen and oxygen atoms in total. The molecule has 1 rings (SSSR count). The zero-order valence-corrected chi connectivity index (χ0v) is 11.5. The van der Waals surface area contributed by atoms with Gasteiger partial charge in [-0.1, -0.05) is 23.7 Å². The minimum absolute atomic E-state index is 0.131. The molecule has 0 spiro atoms. The summed E-state index contributed by atoms with van der Waals surface area (Å²) < 4.78 is 13.3. The van der Waals surface area contributed by atoms with Crippen LogP contribution >= 0.6 is 23.4 Å². The van der Waals surface area contributed by atoms with Crippen LogP contribution in [0.4, 0.5) is 4.39 Å². The Balaban J connectivity index is 2.38. The first-order valence-corrected chi connectivity index (χ1v) is 7.05. The molecular weight excluding hydrogens is 257 g/mol. The average molecular weight is 274 g/mol. The zero-order valence-electron chi connectivity index (χ0n) is 9.88. The minimum atomic E-state index is -0.362. The van der Waals surface area contributed by atoms with Crippen LogP contribution in [0.5, 0.6) is 0 Å². The molecule has 1 aromatic carbocycles. The molecule has 0 bridgehead atoms. The summed E-state index contributed by atoms with van der Waals surface area (Å²) >= 11 is 7.46. The Morgan fingerprint density at radius 3 is 3.00 bits per heavy atom. The largest absolute Gasteiger partial charge is 0.309 e. The Morgan fingerprint density at radius 1 is 1.59 bits per heavy atom. The molecule has 0 aliphatic carbocycles. The molecule has 0 aliphatic heterocycles. The fourth-order valence-electron chi connectivity index (χ4n) is 1.41. The van der Waals surface area contributed by atoms with Gasteiger partial charge >= 0.3 is 0 Å². The van der Waals surface area contributed by atoms with E-state index in [4.69, 9.17) is 11.6 Å². The van der Waals surface area contributed by atoms with Gasteiger partial charge in [-0.3, -0.25) is 0 Å². The van der Waals surface area contributed by atoms with E-state index in [0.29, 0.717) is 0 Å². The quantitative estimate of drug-likeness (QED) is 0.594. The van der Waals surface area contributed by atoms with E-state index in [0.717, 1.165) is 23.6 Å². The van der Waals surface area contributed by atoms with Crippen molar-refractivity contribution in [3.63, 3.8) is 0 Å². The van der Waals surface area contributed by atoms with Gasteiger partial charge in [0.25, 0.3) is 0 Å². The van der Waals surface area contributed by atoms with Crippen LogP contribution in [0.15, 0.2) is 30.9 Å². The highest BCUT2D eigenvalue weighted by molar-refractivity contribution is 7.99. The molecule has 0 aliphatic rings. The number of thioether (sulfide) groups is 1. The van der Waals surface area contributed by atoms with E-state index < -0.39 is 0 Å². The van der Waals surface area contributed by atoms with Gasteiger partial charge in [0, 0.05) is 24.1 Å². The summed E-state index contributed by atoms with van der Waals surface area (Å²) in [4.78, 5) is 0. The van der Waals surface area contributed by atoms with E-state index in [2.05, 4.69) is 11.9 Å².